The second-order valence-electron chi connectivity index (χ2n) is 5.00. The molecule has 1 N–H and O–H groups in total. The third kappa shape index (κ3) is 3.58. The van der Waals surface area contributed by atoms with Crippen molar-refractivity contribution in [3.63, 3.8) is 0 Å². The largest absolute Gasteiger partial charge is 0.313 e. The van der Waals surface area contributed by atoms with Crippen molar-refractivity contribution in [2.75, 3.05) is 20.1 Å². The van der Waals surface area contributed by atoms with Crippen LogP contribution in [0.15, 0.2) is 6.07 Å². The highest BCUT2D eigenvalue weighted by molar-refractivity contribution is 6.35. The van der Waals surface area contributed by atoms with Gasteiger partial charge in [-0.15, -0.1) is 0 Å². The molecule has 2 heterocycles. The molecule has 1 aromatic rings. The monoisotopic (exact) mass is 287 g/mol. The van der Waals surface area contributed by atoms with Gasteiger partial charge in [-0.2, -0.15) is 0 Å². The Balaban J connectivity index is 1.99. The van der Waals surface area contributed by atoms with Crippen molar-refractivity contribution < 1.29 is 0 Å². The van der Waals surface area contributed by atoms with Gasteiger partial charge in [0.15, 0.2) is 0 Å². The zero-order valence-electron chi connectivity index (χ0n) is 10.8. The van der Waals surface area contributed by atoms with Gasteiger partial charge in [-0.25, -0.2) is 4.98 Å². The fourth-order valence-corrected chi connectivity index (χ4v) is 3.04. The number of pyridine rings is 1. The van der Waals surface area contributed by atoms with Gasteiger partial charge in [-0.3, -0.25) is 0 Å². The Labute approximate surface area is 118 Å². The molecule has 5 heteroatoms. The second-order valence-corrected chi connectivity index (χ2v) is 5.77. The normalized spacial score (nSPS) is 19.7. The van der Waals surface area contributed by atoms with Crippen LogP contribution >= 0.6 is 23.2 Å². The summed E-state index contributed by atoms with van der Waals surface area (Å²) in [6.45, 7) is 4.78. The molecule has 1 aromatic heterocycles. The van der Waals surface area contributed by atoms with Gasteiger partial charge in [0.25, 0.3) is 0 Å². The maximum Gasteiger partial charge on any atom is 0.135 e. The number of hydrogen-bond acceptors (Lipinski definition) is 3. The lowest BCUT2D eigenvalue weighted by Crippen LogP contribution is -2.35. The van der Waals surface area contributed by atoms with Crippen LogP contribution in [-0.2, 0) is 6.54 Å². The van der Waals surface area contributed by atoms with Crippen LogP contribution in [0.3, 0.4) is 0 Å². The smallest absolute Gasteiger partial charge is 0.135 e. The van der Waals surface area contributed by atoms with E-state index in [0.717, 1.165) is 30.9 Å². The van der Waals surface area contributed by atoms with Gasteiger partial charge in [-0.1, -0.05) is 23.2 Å². The number of hydrogen-bond donors (Lipinski definition) is 1. The van der Waals surface area contributed by atoms with E-state index in [4.69, 9.17) is 23.2 Å². The Bertz CT molecular complexity index is 394. The Morgan fingerprint density at radius 2 is 2.28 bits per heavy atom. The van der Waals surface area contributed by atoms with Crippen LogP contribution in [0.2, 0.25) is 10.2 Å². The van der Waals surface area contributed by atoms with Gasteiger partial charge < -0.3 is 10.2 Å². The van der Waals surface area contributed by atoms with E-state index < -0.39 is 0 Å². The van der Waals surface area contributed by atoms with Crippen LogP contribution in [-0.4, -0.2) is 36.1 Å². The van der Waals surface area contributed by atoms with Crippen LogP contribution in [0.5, 0.6) is 0 Å². The molecule has 0 aliphatic carbocycles. The summed E-state index contributed by atoms with van der Waals surface area (Å²) in [5.74, 6) is 0. The van der Waals surface area contributed by atoms with E-state index in [1.165, 1.54) is 12.8 Å². The molecule has 1 atom stereocenters. The number of nitrogens with one attached hydrogen (secondary N) is 1. The van der Waals surface area contributed by atoms with Crippen molar-refractivity contribution in [2.24, 2.45) is 0 Å². The lowest BCUT2D eigenvalue weighted by Gasteiger charge is -2.22. The Morgan fingerprint density at radius 3 is 2.89 bits per heavy atom. The third-order valence-electron chi connectivity index (χ3n) is 3.27. The van der Waals surface area contributed by atoms with E-state index in [1.807, 2.05) is 13.0 Å². The topological polar surface area (TPSA) is 28.2 Å². The SMILES string of the molecule is Cc1cc(Cl)c(CN(C)CC2CCCN2)c(Cl)n1. The molecule has 2 rings (SSSR count). The van der Waals surface area contributed by atoms with E-state index >= 15 is 0 Å². The van der Waals surface area contributed by atoms with E-state index in [9.17, 15) is 0 Å². The van der Waals surface area contributed by atoms with Gasteiger partial charge in [0.1, 0.15) is 5.15 Å². The molecule has 0 aromatic carbocycles. The van der Waals surface area contributed by atoms with Gasteiger partial charge >= 0.3 is 0 Å². The first-order valence-corrected chi connectivity index (χ1v) is 7.05. The fraction of sp³-hybridized carbons (Fsp3) is 0.615. The minimum Gasteiger partial charge on any atom is -0.313 e. The number of aromatic nitrogens is 1. The number of nitrogens with zero attached hydrogens (tertiary/aromatic N) is 2. The maximum atomic E-state index is 6.23. The first-order chi connectivity index (χ1) is 8.56. The Hall–Kier alpha value is -0.350. The van der Waals surface area contributed by atoms with Gasteiger partial charge in [0, 0.05) is 35.4 Å². The minimum absolute atomic E-state index is 0.520. The molecule has 0 saturated carbocycles. The van der Waals surface area contributed by atoms with Crippen LogP contribution in [0.25, 0.3) is 0 Å². The summed E-state index contributed by atoms with van der Waals surface area (Å²) in [4.78, 5) is 6.50. The van der Waals surface area contributed by atoms with Crippen LogP contribution in [0.1, 0.15) is 24.1 Å². The molecule has 1 aliphatic heterocycles. The Morgan fingerprint density at radius 1 is 1.50 bits per heavy atom. The van der Waals surface area contributed by atoms with Crippen molar-refractivity contribution in [1.29, 1.82) is 0 Å². The van der Waals surface area contributed by atoms with E-state index in [-0.39, 0.29) is 0 Å². The number of halogens is 2. The summed E-state index contributed by atoms with van der Waals surface area (Å²) in [6.07, 6.45) is 2.52. The predicted molar refractivity (Wildman–Crippen MR) is 76.4 cm³/mol. The molecule has 18 heavy (non-hydrogen) atoms. The van der Waals surface area contributed by atoms with E-state index in [1.54, 1.807) is 0 Å². The Kier molecular flexibility index (Phi) is 4.84. The van der Waals surface area contributed by atoms with Gasteiger partial charge in [0.2, 0.25) is 0 Å². The standard InChI is InChI=1S/C13H19Cl2N3/c1-9-6-12(14)11(13(15)17-9)8-18(2)7-10-4-3-5-16-10/h6,10,16H,3-5,7-8H2,1-2H3. The maximum absolute atomic E-state index is 6.23. The summed E-state index contributed by atoms with van der Waals surface area (Å²) < 4.78 is 0. The molecule has 1 unspecified atom stereocenters. The van der Waals surface area contributed by atoms with E-state index in [0.29, 0.717) is 16.2 Å². The quantitative estimate of drug-likeness (QED) is 0.864. The average molecular weight is 288 g/mol. The highest BCUT2D eigenvalue weighted by Crippen LogP contribution is 2.25. The molecule has 3 nitrogen and oxygen atoms in total. The summed E-state index contributed by atoms with van der Waals surface area (Å²) in [5.41, 5.74) is 1.78. The van der Waals surface area contributed by atoms with Crippen LogP contribution in [0.4, 0.5) is 0 Å². The fourth-order valence-electron chi connectivity index (χ4n) is 2.39. The molecule has 0 bridgehead atoms. The molecule has 0 radical (unpaired) electrons. The number of rotatable bonds is 4. The molecule has 1 saturated heterocycles. The average Bonchev–Trinajstić information content (AvgIpc) is 2.76. The predicted octanol–water partition coefficient (Wildman–Crippen LogP) is 2.88. The lowest BCUT2D eigenvalue weighted by atomic mass is 10.2. The zero-order chi connectivity index (χ0) is 13.1. The number of likely N-dealkylation sites (N-methyl/N-ethyl adjacent to an activating group) is 1. The minimum atomic E-state index is 0.520. The van der Waals surface area contributed by atoms with Gasteiger partial charge in [-0.05, 0) is 39.4 Å². The lowest BCUT2D eigenvalue weighted by molar-refractivity contribution is 0.293. The summed E-state index contributed by atoms with van der Waals surface area (Å²) in [5, 5.41) is 4.72. The molecule has 0 spiro atoms. The third-order valence-corrected chi connectivity index (χ3v) is 3.92. The molecule has 1 aliphatic rings. The first-order valence-electron chi connectivity index (χ1n) is 6.29. The highest BCUT2D eigenvalue weighted by atomic mass is 35.5. The molecule has 0 amide bonds. The van der Waals surface area contributed by atoms with Crippen molar-refractivity contribution in [3.05, 3.63) is 27.5 Å². The molecule has 1 fully saturated rings. The second kappa shape index (κ2) is 6.20. The van der Waals surface area contributed by atoms with Crippen LogP contribution in [0, 0.1) is 6.92 Å². The summed E-state index contributed by atoms with van der Waals surface area (Å²) in [7, 11) is 2.09. The van der Waals surface area contributed by atoms with Gasteiger partial charge in [0.05, 0.1) is 0 Å². The van der Waals surface area contributed by atoms with Crippen molar-refractivity contribution in [1.82, 2.24) is 15.2 Å². The van der Waals surface area contributed by atoms with E-state index in [2.05, 4.69) is 22.2 Å². The highest BCUT2D eigenvalue weighted by Gasteiger charge is 2.17. The van der Waals surface area contributed by atoms with Crippen molar-refractivity contribution >= 4 is 23.2 Å². The molecular weight excluding hydrogens is 269 g/mol. The van der Waals surface area contributed by atoms with Crippen molar-refractivity contribution in [2.45, 2.75) is 32.4 Å². The molecule has 100 valence electrons. The number of aryl methyl sites for hydroxylation is 1. The van der Waals surface area contributed by atoms with Crippen LogP contribution < -0.4 is 5.32 Å². The molecular formula is C13H19Cl2N3. The van der Waals surface area contributed by atoms with Crippen molar-refractivity contribution in [3.8, 4) is 0 Å². The zero-order valence-corrected chi connectivity index (χ0v) is 12.4. The first kappa shape index (κ1) is 14.1. The summed E-state index contributed by atoms with van der Waals surface area (Å²) >= 11 is 12.4. The summed E-state index contributed by atoms with van der Waals surface area (Å²) in [6, 6.07) is 2.45.